The Morgan fingerprint density at radius 3 is 2.76 bits per heavy atom. The summed E-state index contributed by atoms with van der Waals surface area (Å²) in [5, 5.41) is 0. The van der Waals surface area contributed by atoms with Gasteiger partial charge in [0.15, 0.2) is 0 Å². The van der Waals surface area contributed by atoms with Crippen molar-refractivity contribution < 1.29 is 14.3 Å². The van der Waals surface area contributed by atoms with E-state index in [9.17, 15) is 4.79 Å². The van der Waals surface area contributed by atoms with Gasteiger partial charge in [-0.05, 0) is 26.0 Å². The van der Waals surface area contributed by atoms with Gasteiger partial charge in [0, 0.05) is 0 Å². The molecule has 4 nitrogen and oxygen atoms in total. The molecule has 0 radical (unpaired) electrons. The molecule has 0 N–H and O–H groups in total. The Hall–Kier alpha value is -1.55. The predicted octanol–water partition coefficient (Wildman–Crippen LogP) is 2.29. The van der Waals surface area contributed by atoms with E-state index in [0.717, 1.165) is 0 Å². The summed E-state index contributed by atoms with van der Waals surface area (Å²) in [5.74, 6) is 0.573. The van der Waals surface area contributed by atoms with Gasteiger partial charge >= 0.3 is 6.09 Å². The zero-order chi connectivity index (χ0) is 12.3. The number of carbonyl (C=O) groups excluding carboxylic acids is 1. The minimum absolute atomic E-state index is 0.0578. The number of ether oxygens (including phenoxy) is 2. The summed E-state index contributed by atoms with van der Waals surface area (Å²) < 4.78 is 10.8. The van der Waals surface area contributed by atoms with E-state index in [1.807, 2.05) is 32.0 Å². The van der Waals surface area contributed by atoms with Gasteiger partial charge in [0.2, 0.25) is 0 Å². The molecule has 1 heterocycles. The van der Waals surface area contributed by atoms with Crippen molar-refractivity contribution in [1.29, 1.82) is 0 Å². The van der Waals surface area contributed by atoms with Crippen molar-refractivity contribution in [3.63, 3.8) is 0 Å². The number of rotatable bonds is 1. The average Bonchev–Trinajstić information content (AvgIpc) is 2.33. The minimum Gasteiger partial charge on any atom is -0.410 e. The molecule has 0 spiro atoms. The second kappa shape index (κ2) is 5.19. The Morgan fingerprint density at radius 1 is 1.35 bits per heavy atom. The van der Waals surface area contributed by atoms with Gasteiger partial charge in [-0.1, -0.05) is 18.2 Å². The number of amides is 1. The quantitative estimate of drug-likeness (QED) is 0.749. The van der Waals surface area contributed by atoms with Gasteiger partial charge in [-0.3, -0.25) is 0 Å². The third-order valence-electron chi connectivity index (χ3n) is 2.79. The largest absolute Gasteiger partial charge is 0.415 e. The molecule has 1 aromatic carbocycles. The number of hydrogen-bond donors (Lipinski definition) is 0. The molecular weight excluding hydrogens is 218 g/mol. The molecule has 2 unspecified atom stereocenters. The van der Waals surface area contributed by atoms with Crippen molar-refractivity contribution in [1.82, 2.24) is 4.90 Å². The summed E-state index contributed by atoms with van der Waals surface area (Å²) in [6.45, 7) is 5.05. The fourth-order valence-electron chi connectivity index (χ4n) is 1.81. The zero-order valence-electron chi connectivity index (χ0n) is 10.1. The normalized spacial score (nSPS) is 24.5. The van der Waals surface area contributed by atoms with Crippen molar-refractivity contribution in [3.8, 4) is 5.75 Å². The Balaban J connectivity index is 1.99. The van der Waals surface area contributed by atoms with Crippen molar-refractivity contribution in [2.45, 2.75) is 26.0 Å². The van der Waals surface area contributed by atoms with E-state index >= 15 is 0 Å². The van der Waals surface area contributed by atoms with Gasteiger partial charge in [-0.25, -0.2) is 4.79 Å². The van der Waals surface area contributed by atoms with E-state index < -0.39 is 0 Å². The molecule has 0 bridgehead atoms. The van der Waals surface area contributed by atoms with Crippen LogP contribution in [0.3, 0.4) is 0 Å². The van der Waals surface area contributed by atoms with Crippen molar-refractivity contribution >= 4 is 6.09 Å². The third kappa shape index (κ3) is 2.97. The molecule has 1 aliphatic rings. The molecule has 4 heteroatoms. The lowest BCUT2D eigenvalue weighted by Crippen LogP contribution is -2.51. The Bertz CT molecular complexity index is 380. The van der Waals surface area contributed by atoms with E-state index in [1.54, 1.807) is 17.0 Å². The maximum absolute atomic E-state index is 12.0. The highest BCUT2D eigenvalue weighted by Gasteiger charge is 2.28. The lowest BCUT2D eigenvalue weighted by Gasteiger charge is -2.35. The molecule has 1 saturated heterocycles. The van der Waals surface area contributed by atoms with Crippen LogP contribution in [0.4, 0.5) is 4.79 Å². The van der Waals surface area contributed by atoms with Crippen LogP contribution < -0.4 is 4.74 Å². The van der Waals surface area contributed by atoms with Crippen LogP contribution in [-0.2, 0) is 4.74 Å². The molecule has 17 heavy (non-hydrogen) atoms. The maximum atomic E-state index is 12.0. The molecule has 0 aliphatic carbocycles. The van der Waals surface area contributed by atoms with E-state index in [1.165, 1.54) is 0 Å². The molecular formula is C13H17NO3. The molecule has 1 aliphatic heterocycles. The van der Waals surface area contributed by atoms with Crippen molar-refractivity contribution in [3.05, 3.63) is 30.3 Å². The fourth-order valence-corrected chi connectivity index (χ4v) is 1.81. The molecule has 92 valence electrons. The molecule has 0 saturated carbocycles. The molecule has 1 amide bonds. The fraction of sp³-hybridized carbons (Fsp3) is 0.462. The summed E-state index contributed by atoms with van der Waals surface area (Å²) in [7, 11) is 0. The number of carbonyl (C=O) groups is 1. The van der Waals surface area contributed by atoms with Crippen LogP contribution in [0, 0.1) is 0 Å². The lowest BCUT2D eigenvalue weighted by molar-refractivity contribution is -0.0386. The number of benzene rings is 1. The summed E-state index contributed by atoms with van der Waals surface area (Å²) in [4.78, 5) is 13.7. The van der Waals surface area contributed by atoms with Gasteiger partial charge < -0.3 is 14.4 Å². The molecule has 1 aromatic rings. The zero-order valence-corrected chi connectivity index (χ0v) is 10.1. The van der Waals surface area contributed by atoms with E-state index in [2.05, 4.69) is 0 Å². The number of nitrogens with zero attached hydrogens (tertiary/aromatic N) is 1. The summed E-state index contributed by atoms with van der Waals surface area (Å²) >= 11 is 0. The smallest absolute Gasteiger partial charge is 0.410 e. The number of para-hydroxylation sites is 1. The van der Waals surface area contributed by atoms with Crippen LogP contribution in [0.25, 0.3) is 0 Å². The Morgan fingerprint density at radius 2 is 2.06 bits per heavy atom. The lowest BCUT2D eigenvalue weighted by atomic mass is 10.2. The molecule has 1 fully saturated rings. The summed E-state index contributed by atoms with van der Waals surface area (Å²) in [5.41, 5.74) is 0. The second-order valence-corrected chi connectivity index (χ2v) is 4.33. The maximum Gasteiger partial charge on any atom is 0.415 e. The van der Waals surface area contributed by atoms with Gasteiger partial charge in [0.1, 0.15) is 5.75 Å². The van der Waals surface area contributed by atoms with Crippen LogP contribution in [0.1, 0.15) is 13.8 Å². The Kier molecular flexibility index (Phi) is 3.64. The predicted molar refractivity (Wildman–Crippen MR) is 64.0 cm³/mol. The second-order valence-electron chi connectivity index (χ2n) is 4.33. The summed E-state index contributed by atoms with van der Waals surface area (Å²) in [6.07, 6.45) is -0.242. The average molecular weight is 235 g/mol. The van der Waals surface area contributed by atoms with E-state index in [4.69, 9.17) is 9.47 Å². The highest BCUT2D eigenvalue weighted by atomic mass is 16.6. The molecule has 2 rings (SSSR count). The number of hydrogen-bond acceptors (Lipinski definition) is 3. The summed E-state index contributed by atoms with van der Waals surface area (Å²) in [6, 6.07) is 9.17. The first kappa shape index (κ1) is 11.9. The highest BCUT2D eigenvalue weighted by Crippen LogP contribution is 2.15. The third-order valence-corrected chi connectivity index (χ3v) is 2.79. The first-order valence-electron chi connectivity index (χ1n) is 5.82. The van der Waals surface area contributed by atoms with Gasteiger partial charge in [0.25, 0.3) is 0 Å². The van der Waals surface area contributed by atoms with Crippen LogP contribution in [0.15, 0.2) is 30.3 Å². The van der Waals surface area contributed by atoms with E-state index in [-0.39, 0.29) is 18.2 Å². The van der Waals surface area contributed by atoms with Crippen LogP contribution in [0.2, 0.25) is 0 Å². The standard InChI is InChI=1S/C13H17NO3/c1-10-9-16-11(2)8-14(10)13(15)17-12-6-4-3-5-7-12/h3-7,10-11H,8-9H2,1-2H3. The first-order valence-corrected chi connectivity index (χ1v) is 5.82. The first-order chi connectivity index (χ1) is 8.16. The van der Waals surface area contributed by atoms with E-state index in [0.29, 0.717) is 18.9 Å². The highest BCUT2D eigenvalue weighted by molar-refractivity contribution is 5.71. The van der Waals surface area contributed by atoms with Crippen molar-refractivity contribution in [2.75, 3.05) is 13.2 Å². The molecule has 0 aromatic heterocycles. The topological polar surface area (TPSA) is 38.8 Å². The van der Waals surface area contributed by atoms with Crippen LogP contribution in [-0.4, -0.2) is 36.3 Å². The Labute approximate surface area is 101 Å². The SMILES string of the molecule is CC1CN(C(=O)Oc2ccccc2)C(C)CO1. The number of morpholine rings is 1. The van der Waals surface area contributed by atoms with Gasteiger partial charge in [0.05, 0.1) is 25.3 Å². The van der Waals surface area contributed by atoms with Crippen molar-refractivity contribution in [2.24, 2.45) is 0 Å². The minimum atomic E-state index is -0.307. The van der Waals surface area contributed by atoms with Gasteiger partial charge in [-0.15, -0.1) is 0 Å². The van der Waals surface area contributed by atoms with Crippen LogP contribution >= 0.6 is 0 Å². The van der Waals surface area contributed by atoms with Crippen LogP contribution in [0.5, 0.6) is 5.75 Å². The molecule has 2 atom stereocenters. The van der Waals surface area contributed by atoms with Gasteiger partial charge in [-0.2, -0.15) is 0 Å². The monoisotopic (exact) mass is 235 g/mol.